The van der Waals surface area contributed by atoms with Crippen molar-refractivity contribution in [2.75, 3.05) is 11.4 Å². The zero-order valence-corrected chi connectivity index (χ0v) is 9.55. The van der Waals surface area contributed by atoms with E-state index in [1.54, 1.807) is 11.0 Å². The van der Waals surface area contributed by atoms with Crippen LogP contribution in [0, 0.1) is 0 Å². The van der Waals surface area contributed by atoms with Crippen LogP contribution in [0.2, 0.25) is 5.02 Å². The molecule has 1 unspecified atom stereocenters. The normalized spacial score (nSPS) is 20.9. The highest BCUT2D eigenvalue weighted by Crippen LogP contribution is 2.32. The summed E-state index contributed by atoms with van der Waals surface area (Å²) in [4.78, 5) is 12.9. The van der Waals surface area contributed by atoms with Crippen molar-refractivity contribution in [1.29, 1.82) is 0 Å². The molecule has 1 aromatic carbocycles. The Labute approximate surface area is 95.0 Å². The standard InChI is InChI=1S/C9H8BrClN2O/c10-5-1-2-6(11)8(3-5)13-4-7(12)9(13)14/h1-3,7H,4,12H2. The van der Waals surface area contributed by atoms with E-state index in [4.69, 9.17) is 17.3 Å². The molecule has 0 spiro atoms. The van der Waals surface area contributed by atoms with Crippen LogP contribution in [0.5, 0.6) is 0 Å². The van der Waals surface area contributed by atoms with E-state index in [0.29, 0.717) is 17.3 Å². The number of hydrogen-bond acceptors (Lipinski definition) is 2. The number of nitrogens with zero attached hydrogens (tertiary/aromatic N) is 1. The van der Waals surface area contributed by atoms with Crippen molar-refractivity contribution >= 4 is 39.1 Å². The Bertz CT molecular complexity index is 396. The van der Waals surface area contributed by atoms with Crippen LogP contribution in [0.1, 0.15) is 0 Å². The Morgan fingerprint density at radius 1 is 1.57 bits per heavy atom. The summed E-state index contributed by atoms with van der Waals surface area (Å²) in [7, 11) is 0. The van der Waals surface area contributed by atoms with Crippen LogP contribution in [0.25, 0.3) is 0 Å². The summed E-state index contributed by atoms with van der Waals surface area (Å²) < 4.78 is 0.894. The number of anilines is 1. The summed E-state index contributed by atoms with van der Waals surface area (Å²) in [6.45, 7) is 0.537. The maximum Gasteiger partial charge on any atom is 0.245 e. The van der Waals surface area contributed by atoms with Crippen molar-refractivity contribution in [2.45, 2.75) is 6.04 Å². The molecule has 2 N–H and O–H groups in total. The molecule has 0 saturated carbocycles. The fourth-order valence-corrected chi connectivity index (χ4v) is 1.93. The molecular formula is C9H8BrClN2O. The van der Waals surface area contributed by atoms with Crippen LogP contribution in [0.15, 0.2) is 22.7 Å². The molecule has 0 bridgehead atoms. The molecule has 74 valence electrons. The first-order valence-corrected chi connectivity index (χ1v) is 5.28. The van der Waals surface area contributed by atoms with Crippen LogP contribution >= 0.6 is 27.5 Å². The zero-order chi connectivity index (χ0) is 10.3. The van der Waals surface area contributed by atoms with Gasteiger partial charge in [-0.25, -0.2) is 0 Å². The van der Waals surface area contributed by atoms with Gasteiger partial charge in [0.05, 0.1) is 17.3 Å². The molecule has 14 heavy (non-hydrogen) atoms. The molecule has 1 heterocycles. The third-order valence-electron chi connectivity index (χ3n) is 2.16. The van der Waals surface area contributed by atoms with Crippen LogP contribution in [0.3, 0.4) is 0 Å². The van der Waals surface area contributed by atoms with Gasteiger partial charge in [-0.3, -0.25) is 4.79 Å². The summed E-state index contributed by atoms with van der Waals surface area (Å²) in [6.07, 6.45) is 0. The first kappa shape index (κ1) is 9.96. The van der Waals surface area contributed by atoms with Crippen LogP contribution in [-0.4, -0.2) is 18.5 Å². The lowest BCUT2D eigenvalue weighted by molar-refractivity contribution is -0.123. The second kappa shape index (κ2) is 3.53. The minimum absolute atomic E-state index is 0.0787. The van der Waals surface area contributed by atoms with E-state index in [1.807, 2.05) is 12.1 Å². The molecule has 1 fully saturated rings. The molecule has 5 heteroatoms. The number of hydrogen-bond donors (Lipinski definition) is 1. The molecule has 1 amide bonds. The molecule has 0 aromatic heterocycles. The Hall–Kier alpha value is -0.580. The highest BCUT2D eigenvalue weighted by Gasteiger charge is 2.35. The molecular weight excluding hydrogens is 267 g/mol. The van der Waals surface area contributed by atoms with Crippen LogP contribution in [-0.2, 0) is 4.79 Å². The van der Waals surface area contributed by atoms with Gasteiger partial charge in [0.2, 0.25) is 5.91 Å². The van der Waals surface area contributed by atoms with E-state index >= 15 is 0 Å². The highest BCUT2D eigenvalue weighted by atomic mass is 79.9. The van der Waals surface area contributed by atoms with Crippen molar-refractivity contribution in [3.8, 4) is 0 Å². The second-order valence-electron chi connectivity index (χ2n) is 3.15. The van der Waals surface area contributed by atoms with Gasteiger partial charge in [-0.2, -0.15) is 0 Å². The predicted octanol–water partition coefficient (Wildman–Crippen LogP) is 1.78. The quantitative estimate of drug-likeness (QED) is 0.794. The molecule has 0 aliphatic carbocycles. The van der Waals surface area contributed by atoms with Gasteiger partial charge >= 0.3 is 0 Å². The van der Waals surface area contributed by atoms with E-state index in [0.717, 1.165) is 4.47 Å². The number of rotatable bonds is 1. The van der Waals surface area contributed by atoms with Gasteiger partial charge in [0.25, 0.3) is 0 Å². The first-order chi connectivity index (χ1) is 6.59. The Kier molecular flexibility index (Phi) is 2.51. The van der Waals surface area contributed by atoms with Gasteiger partial charge in [-0.1, -0.05) is 27.5 Å². The van der Waals surface area contributed by atoms with Gasteiger partial charge in [0.15, 0.2) is 0 Å². The predicted molar refractivity (Wildman–Crippen MR) is 59.5 cm³/mol. The number of benzene rings is 1. The van der Waals surface area contributed by atoms with Crippen LogP contribution < -0.4 is 10.6 Å². The molecule has 3 nitrogen and oxygen atoms in total. The largest absolute Gasteiger partial charge is 0.318 e. The van der Waals surface area contributed by atoms with Crippen molar-refractivity contribution < 1.29 is 4.79 Å². The fraction of sp³-hybridized carbons (Fsp3) is 0.222. The molecule has 1 aliphatic rings. The molecule has 1 aromatic rings. The lowest BCUT2D eigenvalue weighted by atomic mass is 10.1. The van der Waals surface area contributed by atoms with Gasteiger partial charge in [-0.15, -0.1) is 0 Å². The first-order valence-electron chi connectivity index (χ1n) is 4.11. The fourth-order valence-electron chi connectivity index (χ4n) is 1.36. The number of nitrogens with two attached hydrogens (primary N) is 1. The van der Waals surface area contributed by atoms with E-state index in [2.05, 4.69) is 15.9 Å². The lowest BCUT2D eigenvalue weighted by Gasteiger charge is -2.36. The molecule has 1 aliphatic heterocycles. The van der Waals surface area contributed by atoms with E-state index in [9.17, 15) is 4.79 Å². The van der Waals surface area contributed by atoms with E-state index < -0.39 is 0 Å². The van der Waals surface area contributed by atoms with Crippen molar-refractivity contribution in [1.82, 2.24) is 0 Å². The third-order valence-corrected chi connectivity index (χ3v) is 2.97. The molecule has 2 rings (SSSR count). The van der Waals surface area contributed by atoms with Crippen molar-refractivity contribution in [3.63, 3.8) is 0 Å². The Morgan fingerprint density at radius 2 is 2.29 bits per heavy atom. The zero-order valence-electron chi connectivity index (χ0n) is 7.21. The van der Waals surface area contributed by atoms with Crippen molar-refractivity contribution in [2.24, 2.45) is 5.73 Å². The summed E-state index contributed by atoms with van der Waals surface area (Å²) in [6, 6.07) is 5.02. The highest BCUT2D eigenvalue weighted by molar-refractivity contribution is 9.10. The monoisotopic (exact) mass is 274 g/mol. The molecule has 1 saturated heterocycles. The van der Waals surface area contributed by atoms with Gasteiger partial charge < -0.3 is 10.6 Å². The van der Waals surface area contributed by atoms with E-state index in [1.165, 1.54) is 0 Å². The summed E-state index contributed by atoms with van der Waals surface area (Å²) in [5.74, 6) is -0.0787. The topological polar surface area (TPSA) is 46.3 Å². The molecule has 1 atom stereocenters. The summed E-state index contributed by atoms with van der Waals surface area (Å²) >= 11 is 9.29. The molecule has 0 radical (unpaired) electrons. The SMILES string of the molecule is NC1CN(c2cc(Br)ccc2Cl)C1=O. The average molecular weight is 276 g/mol. The number of carbonyl (C=O) groups is 1. The number of halogens is 2. The maximum atomic E-state index is 11.4. The average Bonchev–Trinajstić information content (AvgIpc) is 2.18. The summed E-state index contributed by atoms with van der Waals surface area (Å²) in [5, 5.41) is 0.563. The third kappa shape index (κ3) is 1.54. The minimum Gasteiger partial charge on any atom is -0.318 e. The van der Waals surface area contributed by atoms with Gasteiger partial charge in [0.1, 0.15) is 6.04 Å². The number of β-lactam (4-membered cyclic amide) rings is 1. The van der Waals surface area contributed by atoms with Crippen LogP contribution in [0.4, 0.5) is 5.69 Å². The lowest BCUT2D eigenvalue weighted by Crippen LogP contribution is -2.61. The second-order valence-corrected chi connectivity index (χ2v) is 4.47. The van der Waals surface area contributed by atoms with Gasteiger partial charge in [-0.05, 0) is 18.2 Å². The van der Waals surface area contributed by atoms with Gasteiger partial charge in [0, 0.05) is 4.47 Å². The van der Waals surface area contributed by atoms with Crippen molar-refractivity contribution in [3.05, 3.63) is 27.7 Å². The number of carbonyl (C=O) groups excluding carboxylic acids is 1. The minimum atomic E-state index is -0.370. The Morgan fingerprint density at radius 3 is 2.86 bits per heavy atom. The van der Waals surface area contributed by atoms with E-state index in [-0.39, 0.29) is 11.9 Å². The maximum absolute atomic E-state index is 11.4. The Balaban J connectivity index is 2.33. The number of amides is 1. The smallest absolute Gasteiger partial charge is 0.245 e. The summed E-state index contributed by atoms with van der Waals surface area (Å²) in [5.41, 5.74) is 6.21.